The molecule has 2 aromatic carbocycles. The fourth-order valence-electron chi connectivity index (χ4n) is 6.99. The highest BCUT2D eigenvalue weighted by atomic mass is 19.4. The Bertz CT molecular complexity index is 1750. The summed E-state index contributed by atoms with van der Waals surface area (Å²) in [7, 11) is 0. The van der Waals surface area contributed by atoms with Crippen LogP contribution in [0.25, 0.3) is 16.8 Å². The van der Waals surface area contributed by atoms with Gasteiger partial charge in [0.2, 0.25) is 17.9 Å². The largest absolute Gasteiger partial charge is 0.480 e. The van der Waals surface area contributed by atoms with Crippen LogP contribution in [0.1, 0.15) is 55.5 Å². The number of nitrogen functional groups attached to an aromatic ring is 1. The Morgan fingerprint density at radius 2 is 1.79 bits per heavy atom. The van der Waals surface area contributed by atoms with Gasteiger partial charge >= 0.3 is 12.1 Å². The third-order valence-electron chi connectivity index (χ3n) is 9.45. The van der Waals surface area contributed by atoms with Gasteiger partial charge in [0.15, 0.2) is 0 Å². The summed E-state index contributed by atoms with van der Waals surface area (Å²) in [6.45, 7) is 6.84. The first-order valence-electron chi connectivity index (χ1n) is 15.7. The van der Waals surface area contributed by atoms with Crippen molar-refractivity contribution in [3.63, 3.8) is 0 Å². The van der Waals surface area contributed by atoms with Gasteiger partial charge in [-0.05, 0) is 68.2 Å². The van der Waals surface area contributed by atoms with E-state index in [-0.39, 0.29) is 34.5 Å². The van der Waals surface area contributed by atoms with Crippen molar-refractivity contribution >= 4 is 17.7 Å². The summed E-state index contributed by atoms with van der Waals surface area (Å²) < 4.78 is 51.7. The minimum Gasteiger partial charge on any atom is -0.480 e. The first-order valence-corrected chi connectivity index (χ1v) is 15.7. The van der Waals surface area contributed by atoms with Crippen molar-refractivity contribution < 1.29 is 27.8 Å². The summed E-state index contributed by atoms with van der Waals surface area (Å²) in [5.41, 5.74) is 9.22. The number of nitrogens with two attached hydrogens (primary N) is 1. The smallest absolute Gasteiger partial charge is 0.429 e. The van der Waals surface area contributed by atoms with Gasteiger partial charge in [-0.15, -0.1) is 0 Å². The first kappa shape index (κ1) is 32.3. The SMILES string of the molecule is CCC1NC(C(=O)O)CC12CCN(c1cc(O[C@H](c3ccc(-c4ccc(C)cc4)cc3-n3ccc(C)n3)C(F)(F)F)nc(N)n1)CC2. The topological polar surface area (TPSA) is 131 Å². The van der Waals surface area contributed by atoms with Gasteiger partial charge in [0.05, 0.1) is 11.4 Å². The fourth-order valence-corrected chi connectivity index (χ4v) is 6.99. The van der Waals surface area contributed by atoms with Gasteiger partial charge in [-0.2, -0.15) is 28.2 Å². The molecule has 2 saturated heterocycles. The Kier molecular flexibility index (Phi) is 8.60. The Labute approximate surface area is 270 Å². The minimum atomic E-state index is -4.81. The van der Waals surface area contributed by atoms with E-state index < -0.39 is 24.3 Å². The number of halogens is 3. The van der Waals surface area contributed by atoms with E-state index in [2.05, 4.69) is 20.4 Å². The number of hydrogen-bond acceptors (Lipinski definition) is 8. The molecule has 0 bridgehead atoms. The molecule has 2 aliphatic rings. The van der Waals surface area contributed by atoms with Crippen LogP contribution in [-0.4, -0.2) is 62.2 Å². The number of aliphatic carboxylic acids is 1. The number of nitrogens with one attached hydrogen (secondary N) is 1. The van der Waals surface area contributed by atoms with Gasteiger partial charge in [-0.1, -0.05) is 48.9 Å². The molecule has 4 heterocycles. The number of anilines is 2. The zero-order valence-corrected chi connectivity index (χ0v) is 26.5. The second-order valence-electron chi connectivity index (χ2n) is 12.6. The number of benzene rings is 2. The highest BCUT2D eigenvalue weighted by Gasteiger charge is 2.50. The summed E-state index contributed by atoms with van der Waals surface area (Å²) in [5, 5.41) is 17.3. The second kappa shape index (κ2) is 12.5. The Balaban J connectivity index is 1.30. The molecule has 0 saturated carbocycles. The highest BCUT2D eigenvalue weighted by molar-refractivity contribution is 5.74. The predicted molar refractivity (Wildman–Crippen MR) is 171 cm³/mol. The average Bonchev–Trinajstić information content (AvgIpc) is 3.63. The van der Waals surface area contributed by atoms with Crippen molar-refractivity contribution in [2.24, 2.45) is 5.41 Å². The molecule has 4 N–H and O–H groups in total. The van der Waals surface area contributed by atoms with Crippen LogP contribution in [0.3, 0.4) is 0 Å². The van der Waals surface area contributed by atoms with Gasteiger partial charge in [-0.3, -0.25) is 4.79 Å². The Morgan fingerprint density at radius 1 is 1.09 bits per heavy atom. The van der Waals surface area contributed by atoms with Crippen molar-refractivity contribution in [2.75, 3.05) is 23.7 Å². The number of aryl methyl sites for hydroxylation is 2. The molecule has 2 aromatic heterocycles. The molecule has 0 aliphatic carbocycles. The van der Waals surface area contributed by atoms with Crippen LogP contribution in [-0.2, 0) is 4.79 Å². The molecule has 10 nitrogen and oxygen atoms in total. The first-order chi connectivity index (χ1) is 22.3. The van der Waals surface area contributed by atoms with Crippen molar-refractivity contribution in [3.05, 3.63) is 77.6 Å². The summed E-state index contributed by atoms with van der Waals surface area (Å²) in [6.07, 6.45) is -2.85. The Morgan fingerprint density at radius 3 is 2.40 bits per heavy atom. The van der Waals surface area contributed by atoms with Crippen LogP contribution in [0.4, 0.5) is 24.9 Å². The monoisotopic (exact) mass is 649 g/mol. The summed E-state index contributed by atoms with van der Waals surface area (Å²) in [6, 6.07) is 15.0. The van der Waals surface area contributed by atoms with E-state index in [1.54, 1.807) is 31.3 Å². The molecule has 6 rings (SSSR count). The van der Waals surface area contributed by atoms with E-state index in [1.165, 1.54) is 16.8 Å². The maximum Gasteiger partial charge on any atom is 0.429 e. The van der Waals surface area contributed by atoms with Gasteiger partial charge in [-0.25, -0.2) is 4.68 Å². The van der Waals surface area contributed by atoms with Gasteiger partial charge in [0.25, 0.3) is 0 Å². The number of carboxylic acid groups (broad SMARTS) is 1. The molecule has 0 amide bonds. The molecule has 2 unspecified atom stereocenters. The van der Waals surface area contributed by atoms with Crippen LogP contribution < -0.4 is 20.7 Å². The highest BCUT2D eigenvalue weighted by Crippen LogP contribution is 2.46. The Hall–Kier alpha value is -4.65. The molecule has 248 valence electrons. The van der Waals surface area contributed by atoms with Gasteiger partial charge in [0.1, 0.15) is 11.9 Å². The number of rotatable bonds is 8. The molecule has 13 heteroatoms. The zero-order chi connectivity index (χ0) is 33.5. The number of nitrogens with zero attached hydrogens (tertiary/aromatic N) is 5. The lowest BCUT2D eigenvalue weighted by Crippen LogP contribution is -2.46. The predicted octanol–water partition coefficient (Wildman–Crippen LogP) is 6.02. The standard InChI is InChI=1S/C34H38F3N7O3/c1-4-27-33(19-25(39-27)31(45)46)12-15-43(16-13-33)28-18-29(41-32(38)40-28)47-30(34(35,36)37)24-10-9-23(22-7-5-20(2)6-8-22)17-26(24)44-14-11-21(3)42-44/h5-11,14,17-18,25,27,30,39H,4,12-13,15-16,19H2,1-3H3,(H,45,46)(H2,38,40,41)/t25?,27?,30-/m1/s1. The molecule has 2 fully saturated rings. The lowest BCUT2D eigenvalue weighted by Gasteiger charge is -2.43. The van der Waals surface area contributed by atoms with Crippen molar-refractivity contribution in [1.29, 1.82) is 0 Å². The number of piperidine rings is 1. The van der Waals surface area contributed by atoms with Crippen LogP contribution in [0, 0.1) is 19.3 Å². The van der Waals surface area contributed by atoms with Crippen molar-refractivity contribution in [1.82, 2.24) is 25.1 Å². The lowest BCUT2D eigenvalue weighted by molar-refractivity contribution is -0.198. The molecular formula is C34H38F3N7O3. The van der Waals surface area contributed by atoms with E-state index in [1.807, 2.05) is 43.0 Å². The average molecular weight is 650 g/mol. The number of carboxylic acids is 1. The summed E-state index contributed by atoms with van der Waals surface area (Å²) in [4.78, 5) is 22.0. The summed E-state index contributed by atoms with van der Waals surface area (Å²) in [5.74, 6) is -1.02. The minimum absolute atomic E-state index is 0.0674. The van der Waals surface area contributed by atoms with Gasteiger partial charge < -0.3 is 25.8 Å². The third kappa shape index (κ3) is 6.62. The van der Waals surface area contributed by atoms with Crippen LogP contribution in [0.2, 0.25) is 0 Å². The van der Waals surface area contributed by atoms with E-state index in [0.29, 0.717) is 43.9 Å². The number of hydrogen-bond donors (Lipinski definition) is 3. The maximum atomic E-state index is 14.9. The van der Waals surface area contributed by atoms with E-state index >= 15 is 0 Å². The fraction of sp³-hybridized carbons (Fsp3) is 0.412. The maximum absolute atomic E-state index is 14.9. The lowest BCUT2D eigenvalue weighted by atomic mass is 9.71. The second-order valence-corrected chi connectivity index (χ2v) is 12.6. The normalized spacial score (nSPS) is 20.0. The van der Waals surface area contributed by atoms with Crippen molar-refractivity contribution in [2.45, 2.75) is 70.8 Å². The number of aromatic nitrogens is 4. The number of ether oxygens (including phenoxy) is 1. The van der Waals surface area contributed by atoms with Crippen molar-refractivity contribution in [3.8, 4) is 22.7 Å². The van der Waals surface area contributed by atoms with Crippen LogP contribution >= 0.6 is 0 Å². The van der Waals surface area contributed by atoms with Crippen LogP contribution in [0.15, 0.2) is 60.8 Å². The summed E-state index contributed by atoms with van der Waals surface area (Å²) >= 11 is 0. The number of alkyl halides is 3. The quantitative estimate of drug-likeness (QED) is 0.210. The molecule has 0 radical (unpaired) electrons. The molecule has 2 aliphatic heterocycles. The van der Waals surface area contributed by atoms with E-state index in [0.717, 1.165) is 23.1 Å². The zero-order valence-electron chi connectivity index (χ0n) is 26.5. The molecule has 3 atom stereocenters. The molecule has 1 spiro atoms. The molecule has 47 heavy (non-hydrogen) atoms. The van der Waals surface area contributed by atoms with Crippen LogP contribution in [0.5, 0.6) is 5.88 Å². The number of carbonyl (C=O) groups is 1. The van der Waals surface area contributed by atoms with Gasteiger partial charge in [0, 0.05) is 37.0 Å². The molecular weight excluding hydrogens is 611 g/mol. The van der Waals surface area contributed by atoms with E-state index in [4.69, 9.17) is 10.5 Å². The van der Waals surface area contributed by atoms with E-state index in [9.17, 15) is 23.1 Å². The molecule has 4 aromatic rings. The third-order valence-corrected chi connectivity index (χ3v) is 9.45.